The first-order valence-electron chi connectivity index (χ1n) is 11.0. The molecule has 1 aromatic heterocycles. The van der Waals surface area contributed by atoms with Gasteiger partial charge in [0.05, 0.1) is 13.2 Å². The molecule has 2 aliphatic rings. The van der Waals surface area contributed by atoms with Crippen LogP contribution in [0.3, 0.4) is 0 Å². The lowest BCUT2D eigenvalue weighted by Gasteiger charge is -2.47. The van der Waals surface area contributed by atoms with Gasteiger partial charge in [-0.15, -0.1) is 0 Å². The number of piperazine rings is 1. The predicted octanol–water partition coefficient (Wildman–Crippen LogP) is 3.66. The first kappa shape index (κ1) is 19.7. The molecule has 3 heterocycles. The number of nitrogens with one attached hydrogen (secondary N) is 1. The lowest BCUT2D eigenvalue weighted by atomic mass is 9.86. The van der Waals surface area contributed by atoms with Crippen molar-refractivity contribution in [3.63, 3.8) is 0 Å². The van der Waals surface area contributed by atoms with Crippen molar-refractivity contribution in [1.82, 2.24) is 14.8 Å². The van der Waals surface area contributed by atoms with E-state index in [0.717, 1.165) is 39.9 Å². The maximum atomic E-state index is 13.4. The van der Waals surface area contributed by atoms with Crippen LogP contribution in [0.5, 0.6) is 5.75 Å². The van der Waals surface area contributed by atoms with Crippen LogP contribution in [0.15, 0.2) is 48.5 Å². The summed E-state index contributed by atoms with van der Waals surface area (Å²) in [6.45, 7) is 5.25. The highest BCUT2D eigenvalue weighted by Gasteiger charge is 2.48. The first-order chi connectivity index (χ1) is 15.1. The number of para-hydroxylation sites is 2. The molecule has 1 saturated heterocycles. The second-order valence-corrected chi connectivity index (χ2v) is 8.22. The van der Waals surface area contributed by atoms with Gasteiger partial charge in [0.15, 0.2) is 0 Å². The lowest BCUT2D eigenvalue weighted by Crippen LogP contribution is -2.63. The van der Waals surface area contributed by atoms with Gasteiger partial charge in [-0.1, -0.05) is 43.3 Å². The van der Waals surface area contributed by atoms with E-state index in [9.17, 15) is 9.59 Å². The molecule has 2 aliphatic heterocycles. The van der Waals surface area contributed by atoms with Crippen molar-refractivity contribution < 1.29 is 14.3 Å². The molecule has 5 rings (SSSR count). The number of carbonyl (C=O) groups excluding carboxylic acids is 2. The van der Waals surface area contributed by atoms with E-state index in [1.807, 2.05) is 56.3 Å². The van der Waals surface area contributed by atoms with Crippen LogP contribution in [-0.4, -0.2) is 52.3 Å². The molecule has 0 bridgehead atoms. The van der Waals surface area contributed by atoms with Crippen molar-refractivity contribution in [3.8, 4) is 5.75 Å². The molecule has 2 atom stereocenters. The fourth-order valence-electron chi connectivity index (χ4n) is 5.10. The largest absolute Gasteiger partial charge is 0.494 e. The summed E-state index contributed by atoms with van der Waals surface area (Å²) in [4.78, 5) is 33.9. The van der Waals surface area contributed by atoms with Gasteiger partial charge in [0, 0.05) is 35.1 Å². The van der Waals surface area contributed by atoms with Crippen LogP contribution in [-0.2, 0) is 16.0 Å². The Kier molecular flexibility index (Phi) is 4.93. The Hall–Kier alpha value is -3.28. The number of ether oxygens (including phenoxy) is 1. The number of nitrogens with zero attached hydrogens (tertiary/aromatic N) is 2. The molecule has 2 amide bonds. The predicted molar refractivity (Wildman–Crippen MR) is 119 cm³/mol. The maximum absolute atomic E-state index is 13.4. The molecule has 31 heavy (non-hydrogen) atoms. The summed E-state index contributed by atoms with van der Waals surface area (Å²) < 4.78 is 5.93. The van der Waals surface area contributed by atoms with Gasteiger partial charge >= 0.3 is 0 Å². The number of benzene rings is 2. The Morgan fingerprint density at radius 2 is 1.84 bits per heavy atom. The number of amides is 2. The summed E-state index contributed by atoms with van der Waals surface area (Å²) >= 11 is 0. The number of carbonyl (C=O) groups is 2. The number of hydrogen-bond acceptors (Lipinski definition) is 3. The van der Waals surface area contributed by atoms with E-state index in [2.05, 4.69) is 11.1 Å². The third-order valence-electron chi connectivity index (χ3n) is 6.35. The first-order valence-corrected chi connectivity index (χ1v) is 11.0. The molecular weight excluding hydrogens is 390 g/mol. The second kappa shape index (κ2) is 7.76. The average Bonchev–Trinajstić information content (AvgIpc) is 3.15. The summed E-state index contributed by atoms with van der Waals surface area (Å²) in [5.74, 6) is 0.770. The monoisotopic (exact) mass is 417 g/mol. The summed E-state index contributed by atoms with van der Waals surface area (Å²) in [6.07, 6.45) is 1.36. The van der Waals surface area contributed by atoms with Crippen molar-refractivity contribution in [1.29, 1.82) is 0 Å². The molecule has 0 saturated carbocycles. The highest BCUT2D eigenvalue weighted by atomic mass is 16.5. The Labute approximate surface area is 181 Å². The van der Waals surface area contributed by atoms with E-state index >= 15 is 0 Å². The van der Waals surface area contributed by atoms with E-state index in [-0.39, 0.29) is 24.4 Å². The van der Waals surface area contributed by atoms with Gasteiger partial charge < -0.3 is 19.5 Å². The number of hydrogen-bond donors (Lipinski definition) is 1. The topological polar surface area (TPSA) is 65.6 Å². The SMILES string of the molecule is CCCN1CC(=O)N2C(c3ccccc3OCC)c3[nH]c4ccccc4c3C[C@H]2C1=O. The van der Waals surface area contributed by atoms with Gasteiger partial charge in [-0.3, -0.25) is 9.59 Å². The molecule has 3 aromatic rings. The van der Waals surface area contributed by atoms with Crippen LogP contribution in [0.4, 0.5) is 0 Å². The van der Waals surface area contributed by atoms with Crippen LogP contribution in [0, 0.1) is 0 Å². The fourth-order valence-corrected chi connectivity index (χ4v) is 5.10. The van der Waals surface area contributed by atoms with Gasteiger partial charge in [0.25, 0.3) is 0 Å². The van der Waals surface area contributed by atoms with Crippen molar-refractivity contribution in [2.24, 2.45) is 0 Å². The van der Waals surface area contributed by atoms with Gasteiger partial charge in [-0.25, -0.2) is 0 Å². The molecule has 6 nitrogen and oxygen atoms in total. The van der Waals surface area contributed by atoms with Gasteiger partial charge in [0.1, 0.15) is 17.8 Å². The number of H-pyrrole nitrogens is 1. The third-order valence-corrected chi connectivity index (χ3v) is 6.35. The lowest BCUT2D eigenvalue weighted by molar-refractivity contribution is -0.158. The van der Waals surface area contributed by atoms with Crippen LogP contribution >= 0.6 is 0 Å². The highest BCUT2D eigenvalue weighted by Crippen LogP contribution is 2.44. The summed E-state index contributed by atoms with van der Waals surface area (Å²) in [7, 11) is 0. The Balaban J connectivity index is 1.72. The zero-order chi connectivity index (χ0) is 21.5. The van der Waals surface area contributed by atoms with E-state index in [0.29, 0.717) is 19.6 Å². The zero-order valence-electron chi connectivity index (χ0n) is 17.9. The van der Waals surface area contributed by atoms with Crippen LogP contribution < -0.4 is 4.74 Å². The Morgan fingerprint density at radius 1 is 1.06 bits per heavy atom. The molecule has 6 heteroatoms. The third kappa shape index (κ3) is 3.09. The van der Waals surface area contributed by atoms with E-state index in [1.165, 1.54) is 0 Å². The maximum Gasteiger partial charge on any atom is 0.246 e. The number of fused-ring (bicyclic) bond motifs is 4. The number of aromatic amines is 1. The fraction of sp³-hybridized carbons (Fsp3) is 0.360. The van der Waals surface area contributed by atoms with Gasteiger partial charge in [0.2, 0.25) is 11.8 Å². The molecule has 0 spiro atoms. The average molecular weight is 418 g/mol. The molecular formula is C25H27N3O3. The number of aromatic nitrogens is 1. The smallest absolute Gasteiger partial charge is 0.246 e. The minimum Gasteiger partial charge on any atom is -0.494 e. The second-order valence-electron chi connectivity index (χ2n) is 8.22. The van der Waals surface area contributed by atoms with Crippen LogP contribution in [0.1, 0.15) is 43.1 Å². The number of rotatable bonds is 5. The molecule has 160 valence electrons. The highest BCUT2D eigenvalue weighted by molar-refractivity contribution is 5.97. The Bertz CT molecular complexity index is 1150. The zero-order valence-corrected chi connectivity index (χ0v) is 17.9. The van der Waals surface area contributed by atoms with Crippen molar-refractivity contribution in [2.75, 3.05) is 19.7 Å². The normalized spacial score (nSPS) is 20.7. The minimum absolute atomic E-state index is 0.0151. The summed E-state index contributed by atoms with van der Waals surface area (Å²) in [6, 6.07) is 15.1. The molecule has 1 N–H and O–H groups in total. The standard InChI is InChI=1S/C25H27N3O3/c1-3-13-27-15-22(29)28-20(25(27)30)14-18-16-9-5-7-11-19(16)26-23(18)24(28)17-10-6-8-12-21(17)31-4-2/h5-12,20,24,26H,3-4,13-15H2,1-2H3/t20-,24?/m0/s1. The van der Waals surface area contributed by atoms with Crippen LogP contribution in [0.2, 0.25) is 0 Å². The van der Waals surface area contributed by atoms with Gasteiger partial charge in [-0.2, -0.15) is 0 Å². The quantitative estimate of drug-likeness (QED) is 0.689. The summed E-state index contributed by atoms with van der Waals surface area (Å²) in [5.41, 5.74) is 4.03. The molecule has 1 unspecified atom stereocenters. The molecule has 0 aliphatic carbocycles. The molecule has 0 radical (unpaired) electrons. The van der Waals surface area contributed by atoms with Crippen molar-refractivity contribution in [3.05, 3.63) is 65.4 Å². The molecule has 2 aromatic carbocycles. The molecule has 1 fully saturated rings. The van der Waals surface area contributed by atoms with E-state index in [4.69, 9.17) is 4.74 Å². The minimum atomic E-state index is -0.501. The van der Waals surface area contributed by atoms with E-state index in [1.54, 1.807) is 9.80 Å². The van der Waals surface area contributed by atoms with Gasteiger partial charge in [-0.05, 0) is 31.0 Å². The van der Waals surface area contributed by atoms with Crippen molar-refractivity contribution in [2.45, 2.75) is 38.8 Å². The van der Waals surface area contributed by atoms with Crippen molar-refractivity contribution >= 4 is 22.7 Å². The van der Waals surface area contributed by atoms with E-state index < -0.39 is 6.04 Å². The summed E-state index contributed by atoms with van der Waals surface area (Å²) in [5, 5.41) is 1.11. The van der Waals surface area contributed by atoms with Crippen LogP contribution in [0.25, 0.3) is 10.9 Å². The Morgan fingerprint density at radius 3 is 2.65 bits per heavy atom.